The van der Waals surface area contributed by atoms with Gasteiger partial charge in [-0.15, -0.1) is 0 Å². The molecule has 0 bridgehead atoms. The Labute approximate surface area is 85.5 Å². The predicted octanol–water partition coefficient (Wildman–Crippen LogP) is 2.30. The van der Waals surface area contributed by atoms with Gasteiger partial charge in [0, 0.05) is 17.8 Å². The van der Waals surface area contributed by atoms with E-state index in [2.05, 4.69) is 4.98 Å². The number of aromatic nitrogens is 1. The Balaban J connectivity index is 2.60. The average molecular weight is 205 g/mol. The van der Waals surface area contributed by atoms with Crippen LogP contribution in [-0.2, 0) is 0 Å². The summed E-state index contributed by atoms with van der Waals surface area (Å²) in [6.45, 7) is 0. The molecule has 1 heterocycles. The van der Waals surface area contributed by atoms with E-state index in [9.17, 15) is 14.6 Å². The summed E-state index contributed by atoms with van der Waals surface area (Å²) >= 11 is 0. The van der Waals surface area contributed by atoms with Crippen molar-refractivity contribution in [3.8, 4) is 22.8 Å². The fourth-order valence-electron chi connectivity index (χ4n) is 1.31. The van der Waals surface area contributed by atoms with E-state index in [0.717, 1.165) is 6.07 Å². The highest BCUT2D eigenvalue weighted by molar-refractivity contribution is 5.71. The highest BCUT2D eigenvalue weighted by Crippen LogP contribution is 2.33. The van der Waals surface area contributed by atoms with E-state index in [0.29, 0.717) is 5.56 Å². The van der Waals surface area contributed by atoms with Gasteiger partial charge in [-0.05, 0) is 24.3 Å². The molecule has 0 spiro atoms. The van der Waals surface area contributed by atoms with E-state index in [4.69, 9.17) is 0 Å². The van der Waals surface area contributed by atoms with Gasteiger partial charge < -0.3 is 10.2 Å². The molecule has 0 unspecified atom stereocenters. The molecule has 1 aromatic heterocycles. The minimum Gasteiger partial charge on any atom is -0.507 e. The molecule has 2 N–H and O–H groups in total. The number of rotatable bonds is 1. The number of halogens is 1. The smallest absolute Gasteiger partial charge is 0.141 e. The molecule has 0 saturated heterocycles. The summed E-state index contributed by atoms with van der Waals surface area (Å²) in [7, 11) is 0. The van der Waals surface area contributed by atoms with Crippen molar-refractivity contribution < 1.29 is 14.6 Å². The van der Waals surface area contributed by atoms with Gasteiger partial charge in [0.15, 0.2) is 0 Å². The first-order valence-corrected chi connectivity index (χ1v) is 4.31. The van der Waals surface area contributed by atoms with Crippen LogP contribution in [0.15, 0.2) is 36.5 Å². The zero-order chi connectivity index (χ0) is 10.8. The van der Waals surface area contributed by atoms with Crippen LogP contribution < -0.4 is 0 Å². The highest BCUT2D eigenvalue weighted by atomic mass is 19.1. The van der Waals surface area contributed by atoms with Crippen LogP contribution in [0.5, 0.6) is 11.5 Å². The van der Waals surface area contributed by atoms with Gasteiger partial charge in [-0.25, -0.2) is 4.39 Å². The molecule has 76 valence electrons. The first-order chi connectivity index (χ1) is 7.18. The minimum atomic E-state index is -0.535. The Morgan fingerprint density at radius 2 is 1.87 bits per heavy atom. The van der Waals surface area contributed by atoms with Crippen LogP contribution in [-0.4, -0.2) is 15.2 Å². The molecule has 3 nitrogen and oxygen atoms in total. The Morgan fingerprint density at radius 1 is 1.07 bits per heavy atom. The first kappa shape index (κ1) is 9.45. The van der Waals surface area contributed by atoms with Gasteiger partial charge in [0.25, 0.3) is 0 Å². The van der Waals surface area contributed by atoms with Crippen molar-refractivity contribution in [2.75, 3.05) is 0 Å². The number of benzene rings is 1. The lowest BCUT2D eigenvalue weighted by molar-refractivity contribution is 0.464. The predicted molar refractivity (Wildman–Crippen MR) is 53.0 cm³/mol. The van der Waals surface area contributed by atoms with Gasteiger partial charge in [-0.1, -0.05) is 0 Å². The first-order valence-electron chi connectivity index (χ1n) is 4.31. The Kier molecular flexibility index (Phi) is 2.25. The van der Waals surface area contributed by atoms with Crippen LogP contribution in [0.2, 0.25) is 0 Å². The maximum atomic E-state index is 12.7. The van der Waals surface area contributed by atoms with Crippen LogP contribution in [0, 0.1) is 5.82 Å². The van der Waals surface area contributed by atoms with E-state index >= 15 is 0 Å². The Bertz CT molecular complexity index is 500. The maximum Gasteiger partial charge on any atom is 0.141 e. The molecule has 0 aliphatic carbocycles. The molecule has 1 aromatic carbocycles. The van der Waals surface area contributed by atoms with Crippen molar-refractivity contribution >= 4 is 0 Å². The van der Waals surface area contributed by atoms with Crippen LogP contribution in [0.1, 0.15) is 0 Å². The lowest BCUT2D eigenvalue weighted by atomic mass is 10.1. The van der Waals surface area contributed by atoms with E-state index in [-0.39, 0.29) is 17.2 Å². The highest BCUT2D eigenvalue weighted by Gasteiger charge is 2.10. The van der Waals surface area contributed by atoms with Gasteiger partial charge in [-0.2, -0.15) is 0 Å². The molecular formula is C11H8FNO2. The lowest BCUT2D eigenvalue weighted by Gasteiger charge is -2.05. The van der Waals surface area contributed by atoms with Crippen molar-refractivity contribution in [3.63, 3.8) is 0 Å². The van der Waals surface area contributed by atoms with Crippen molar-refractivity contribution in [2.45, 2.75) is 0 Å². The summed E-state index contributed by atoms with van der Waals surface area (Å²) in [5.41, 5.74) is 0.532. The van der Waals surface area contributed by atoms with Gasteiger partial charge in [0.1, 0.15) is 23.0 Å². The Morgan fingerprint density at radius 3 is 2.53 bits per heavy atom. The largest absolute Gasteiger partial charge is 0.507 e. The number of phenolic OH excluding ortho intramolecular Hbond substituents is 1. The molecule has 0 atom stereocenters. The Hall–Kier alpha value is -2.10. The molecule has 0 amide bonds. The number of nitrogens with zero attached hydrogens (tertiary/aromatic N) is 1. The van der Waals surface area contributed by atoms with Crippen molar-refractivity contribution in [3.05, 3.63) is 42.3 Å². The van der Waals surface area contributed by atoms with E-state index < -0.39 is 5.82 Å². The molecule has 2 rings (SSSR count). The van der Waals surface area contributed by atoms with Crippen molar-refractivity contribution in [1.82, 2.24) is 4.98 Å². The summed E-state index contributed by atoms with van der Waals surface area (Å²) in [6, 6.07) is 6.56. The van der Waals surface area contributed by atoms with Crippen LogP contribution >= 0.6 is 0 Å². The number of aromatic hydroxyl groups is 2. The van der Waals surface area contributed by atoms with Crippen molar-refractivity contribution in [2.24, 2.45) is 0 Å². The van der Waals surface area contributed by atoms with Crippen LogP contribution in [0.25, 0.3) is 11.3 Å². The number of hydrogen-bond donors (Lipinski definition) is 2. The van der Waals surface area contributed by atoms with Crippen molar-refractivity contribution in [1.29, 1.82) is 0 Å². The third-order valence-electron chi connectivity index (χ3n) is 2.00. The molecular weight excluding hydrogens is 197 g/mol. The molecule has 2 aromatic rings. The lowest BCUT2D eigenvalue weighted by Crippen LogP contribution is -1.85. The molecule has 0 radical (unpaired) electrons. The van der Waals surface area contributed by atoms with Gasteiger partial charge >= 0.3 is 0 Å². The topological polar surface area (TPSA) is 53.4 Å². The van der Waals surface area contributed by atoms with Gasteiger partial charge in [0.05, 0.1) is 0 Å². The summed E-state index contributed by atoms with van der Waals surface area (Å²) in [5.74, 6) is -0.838. The SMILES string of the molecule is Oc1cc(F)ccc1-c1ncccc1O. The third kappa shape index (κ3) is 1.74. The van der Waals surface area contributed by atoms with E-state index in [1.807, 2.05) is 0 Å². The zero-order valence-electron chi connectivity index (χ0n) is 7.68. The number of phenols is 1. The molecule has 0 fully saturated rings. The van der Waals surface area contributed by atoms with E-state index in [1.165, 1.54) is 24.4 Å². The van der Waals surface area contributed by atoms with Crippen LogP contribution in [0.3, 0.4) is 0 Å². The number of hydrogen-bond acceptors (Lipinski definition) is 3. The second-order valence-corrected chi connectivity index (χ2v) is 3.03. The number of pyridine rings is 1. The summed E-state index contributed by atoms with van der Waals surface area (Å²) in [6.07, 6.45) is 1.48. The zero-order valence-corrected chi connectivity index (χ0v) is 7.68. The fraction of sp³-hybridized carbons (Fsp3) is 0. The summed E-state index contributed by atoms with van der Waals surface area (Å²) in [5, 5.41) is 19.0. The minimum absolute atomic E-state index is 0.0561. The molecule has 4 heteroatoms. The fourth-order valence-corrected chi connectivity index (χ4v) is 1.31. The van der Waals surface area contributed by atoms with Gasteiger partial charge in [-0.3, -0.25) is 4.98 Å². The van der Waals surface area contributed by atoms with E-state index in [1.54, 1.807) is 6.07 Å². The monoisotopic (exact) mass is 205 g/mol. The summed E-state index contributed by atoms with van der Waals surface area (Å²) in [4.78, 5) is 3.91. The molecule has 0 aliphatic rings. The van der Waals surface area contributed by atoms with Crippen LogP contribution in [0.4, 0.5) is 4.39 Å². The molecule has 15 heavy (non-hydrogen) atoms. The molecule has 0 aliphatic heterocycles. The summed E-state index contributed by atoms with van der Waals surface area (Å²) < 4.78 is 12.7. The quantitative estimate of drug-likeness (QED) is 0.751. The second kappa shape index (κ2) is 3.57. The van der Waals surface area contributed by atoms with Gasteiger partial charge in [0.2, 0.25) is 0 Å². The molecule has 0 saturated carbocycles. The maximum absolute atomic E-state index is 12.7. The average Bonchev–Trinajstić information content (AvgIpc) is 2.20. The third-order valence-corrected chi connectivity index (χ3v) is 2.00. The standard InChI is InChI=1S/C11H8FNO2/c12-7-3-4-8(10(15)6-7)11-9(14)2-1-5-13-11/h1-6,14-15H. The second-order valence-electron chi connectivity index (χ2n) is 3.03. The normalized spacial score (nSPS) is 10.2.